The highest BCUT2D eigenvalue weighted by Gasteiger charge is 2.29. The van der Waals surface area contributed by atoms with E-state index in [1.807, 2.05) is 0 Å². The molecule has 0 bridgehead atoms. The lowest BCUT2D eigenvalue weighted by atomic mass is 9.56. The van der Waals surface area contributed by atoms with Gasteiger partial charge in [-0.1, -0.05) is 84.4 Å². The van der Waals surface area contributed by atoms with Gasteiger partial charge in [0.05, 0.1) is 0 Å². The second-order valence-electron chi connectivity index (χ2n) is 18.1. The average Bonchev–Trinajstić information content (AvgIpc) is 3.59. The largest absolute Gasteiger partial charge is 0.456 e. The Morgan fingerprint density at radius 3 is 1.12 bits per heavy atom. The number of fused-ring (bicyclic) bond motifs is 8. The lowest BCUT2D eigenvalue weighted by molar-refractivity contribution is 0.669. The number of hydrogen-bond acceptors (Lipinski definition) is 1. The third-order valence-corrected chi connectivity index (χ3v) is 15.9. The first kappa shape index (κ1) is 39.2. The van der Waals surface area contributed by atoms with Crippen LogP contribution in [0, 0.1) is 0 Å². The Labute approximate surface area is 358 Å². The highest BCUT2D eigenvalue weighted by Crippen LogP contribution is 2.42. The first-order valence-corrected chi connectivity index (χ1v) is 21.2. The molecule has 0 N–H and O–H groups in total. The van der Waals surface area contributed by atoms with Crippen molar-refractivity contribution >= 4 is 291 Å². The van der Waals surface area contributed by atoms with Crippen LogP contribution in [0.5, 0.6) is 0 Å². The minimum absolute atomic E-state index is 0.932. The molecule has 0 saturated heterocycles. The van der Waals surface area contributed by atoms with E-state index in [9.17, 15) is 0 Å². The van der Waals surface area contributed by atoms with E-state index < -0.39 is 0 Å². The normalized spacial score (nSPS) is 11.9. The van der Waals surface area contributed by atoms with E-state index in [1.54, 1.807) is 0 Å². The SMILES string of the molecule is Bc1c(B)c(B)c2c(-c3c(B)c(B)c4c(c3B)c(B)c(B)c3c(B)c(B)c(B)c(B)c34)c3c(B)c(B)c(B)c(B)c3c(-c3ccc4oc5ccccc5c4c3)c2c1B. The fourth-order valence-corrected chi connectivity index (χ4v) is 11.3. The molecule has 0 amide bonds. The van der Waals surface area contributed by atoms with Crippen molar-refractivity contribution in [3.63, 3.8) is 0 Å². The molecule has 18 heteroatoms. The molecular weight excluding hydrogens is 680 g/mol. The van der Waals surface area contributed by atoms with Crippen molar-refractivity contribution < 1.29 is 4.42 Å². The molecule has 0 spiro atoms. The molecule has 9 aromatic rings. The molecule has 58 heavy (non-hydrogen) atoms. The monoisotopic (exact) mass is 724 g/mol. The zero-order valence-electron chi connectivity index (χ0n) is 37.9. The van der Waals surface area contributed by atoms with Gasteiger partial charge in [-0.25, -0.2) is 0 Å². The fraction of sp³-hybridized carbons (Fsp3) is 0. The number of para-hydroxylation sites is 1. The lowest BCUT2D eigenvalue weighted by Crippen LogP contribution is -2.51. The van der Waals surface area contributed by atoms with Gasteiger partial charge in [0.1, 0.15) is 145 Å². The summed E-state index contributed by atoms with van der Waals surface area (Å²) in [5.74, 6) is 0. The minimum Gasteiger partial charge on any atom is -0.456 e. The van der Waals surface area contributed by atoms with Crippen molar-refractivity contribution in [2.24, 2.45) is 0 Å². The maximum Gasteiger partial charge on any atom is 0.140 e. The summed E-state index contributed by atoms with van der Waals surface area (Å²) in [5, 5.41) is 13.6. The standard InChI is InChI=1S/C40H41B17O/c41-24-21(31(48)25(42)19-20-23(33(50)32(49)22(19)24)34(51)40(57)39(56)30(20)47)14-17-15(26(43)35(52)37(54)28(17)45)13(16-18(14)29(46)38(55)36(53)27(16)44)8-5-6-12-10(7-8)9-3-1-2-4-11(9)58-12/h1-7H,41-57H2. The number of rotatable bonds is 2. The molecule has 0 aliphatic heterocycles. The number of benzene rings is 8. The van der Waals surface area contributed by atoms with E-state index in [1.165, 1.54) is 164 Å². The van der Waals surface area contributed by atoms with Gasteiger partial charge in [0, 0.05) is 10.8 Å². The molecule has 8 aromatic carbocycles. The first-order chi connectivity index (χ1) is 27.4. The van der Waals surface area contributed by atoms with Gasteiger partial charge < -0.3 is 4.42 Å². The number of hydrogen-bond donors (Lipinski definition) is 0. The summed E-state index contributed by atoms with van der Waals surface area (Å²) in [6.45, 7) is 0. The van der Waals surface area contributed by atoms with E-state index >= 15 is 0 Å². The van der Waals surface area contributed by atoms with Gasteiger partial charge in [-0.3, -0.25) is 0 Å². The maximum atomic E-state index is 6.39. The summed E-state index contributed by atoms with van der Waals surface area (Å²) < 4.78 is 6.39. The lowest BCUT2D eigenvalue weighted by Gasteiger charge is -2.31. The Hall–Kier alpha value is -4.30. The Morgan fingerprint density at radius 2 is 0.621 bits per heavy atom. The van der Waals surface area contributed by atoms with Crippen LogP contribution in [-0.2, 0) is 0 Å². The van der Waals surface area contributed by atoms with Gasteiger partial charge in [-0.2, -0.15) is 0 Å². The van der Waals surface area contributed by atoms with E-state index in [4.69, 9.17) is 4.42 Å². The van der Waals surface area contributed by atoms with Crippen molar-refractivity contribution in [3.8, 4) is 22.3 Å². The summed E-state index contributed by atoms with van der Waals surface area (Å²) in [6, 6.07) is 15.4. The molecule has 9 rings (SSSR count). The van der Waals surface area contributed by atoms with Crippen LogP contribution in [0.2, 0.25) is 0 Å². The summed E-state index contributed by atoms with van der Waals surface area (Å²) >= 11 is 0. The van der Waals surface area contributed by atoms with Crippen LogP contribution in [0.15, 0.2) is 46.9 Å². The summed E-state index contributed by atoms with van der Waals surface area (Å²) in [4.78, 5) is 0. The molecule has 0 saturated carbocycles. The predicted molar refractivity (Wildman–Crippen MR) is 314 cm³/mol. The van der Waals surface area contributed by atoms with Crippen molar-refractivity contribution in [1.29, 1.82) is 0 Å². The molecule has 1 nitrogen and oxygen atoms in total. The quantitative estimate of drug-likeness (QED) is 0.0984. The summed E-state index contributed by atoms with van der Waals surface area (Å²) in [5.41, 5.74) is 30.9. The predicted octanol–water partition coefficient (Wildman–Crippen LogP) is -18.1. The highest BCUT2D eigenvalue weighted by molar-refractivity contribution is 6.76. The van der Waals surface area contributed by atoms with E-state index in [2.05, 4.69) is 176 Å². The molecule has 0 fully saturated rings. The van der Waals surface area contributed by atoms with Crippen molar-refractivity contribution in [2.75, 3.05) is 0 Å². The summed E-state index contributed by atoms with van der Waals surface area (Å²) in [7, 11) is 40.2. The Balaban J connectivity index is 1.58. The Kier molecular flexibility index (Phi) is 9.02. The molecule has 1 aromatic heterocycles. The zero-order valence-corrected chi connectivity index (χ0v) is 37.9. The van der Waals surface area contributed by atoms with Crippen LogP contribution in [0.3, 0.4) is 0 Å². The van der Waals surface area contributed by atoms with Crippen LogP contribution in [0.1, 0.15) is 0 Å². The molecular formula is C40H41B17O. The van der Waals surface area contributed by atoms with Crippen LogP contribution in [-0.4, -0.2) is 133 Å². The maximum absolute atomic E-state index is 6.39. The highest BCUT2D eigenvalue weighted by atomic mass is 16.3. The van der Waals surface area contributed by atoms with E-state index in [-0.39, 0.29) is 0 Å². The van der Waals surface area contributed by atoms with Crippen molar-refractivity contribution in [1.82, 2.24) is 0 Å². The molecule has 0 radical (unpaired) electrons. The van der Waals surface area contributed by atoms with E-state index in [0.29, 0.717) is 0 Å². The topological polar surface area (TPSA) is 13.1 Å². The van der Waals surface area contributed by atoms with Gasteiger partial charge >= 0.3 is 0 Å². The van der Waals surface area contributed by atoms with Gasteiger partial charge in [-0.05, 0) is 83.5 Å². The van der Waals surface area contributed by atoms with Crippen molar-refractivity contribution in [3.05, 3.63) is 42.5 Å². The minimum atomic E-state index is 0.932. The second kappa shape index (κ2) is 13.4. The Bertz CT molecular complexity index is 3340. The van der Waals surface area contributed by atoms with Crippen LogP contribution < -0.4 is 92.9 Å². The number of furan rings is 1. The first-order valence-electron chi connectivity index (χ1n) is 21.2. The van der Waals surface area contributed by atoms with Crippen LogP contribution in [0.25, 0.3) is 87.3 Å². The molecule has 0 atom stereocenters. The molecule has 1 heterocycles. The molecule has 0 aliphatic rings. The summed E-state index contributed by atoms with van der Waals surface area (Å²) in [6.07, 6.45) is 0. The smallest absolute Gasteiger partial charge is 0.140 e. The fourth-order valence-electron chi connectivity index (χ4n) is 11.3. The third kappa shape index (κ3) is 4.96. The van der Waals surface area contributed by atoms with E-state index in [0.717, 1.165) is 16.6 Å². The van der Waals surface area contributed by atoms with Crippen LogP contribution in [0.4, 0.5) is 0 Å². The molecule has 0 aliphatic carbocycles. The van der Waals surface area contributed by atoms with Gasteiger partial charge in [0.25, 0.3) is 0 Å². The second-order valence-corrected chi connectivity index (χ2v) is 18.1. The molecule has 0 unspecified atom stereocenters. The van der Waals surface area contributed by atoms with Crippen LogP contribution >= 0.6 is 0 Å². The van der Waals surface area contributed by atoms with Gasteiger partial charge in [0.15, 0.2) is 0 Å². The van der Waals surface area contributed by atoms with Gasteiger partial charge in [0.2, 0.25) is 0 Å². The third-order valence-electron chi connectivity index (χ3n) is 15.9. The Morgan fingerprint density at radius 1 is 0.259 bits per heavy atom. The zero-order chi connectivity index (χ0) is 41.7. The average molecular weight is 722 g/mol. The van der Waals surface area contributed by atoms with Gasteiger partial charge in [-0.15, -0.1) is 32.8 Å². The van der Waals surface area contributed by atoms with Crippen molar-refractivity contribution in [2.45, 2.75) is 0 Å². The molecule has 258 valence electrons.